The zero-order chi connectivity index (χ0) is 19.3. The fourth-order valence-electron chi connectivity index (χ4n) is 2.86. The Morgan fingerprint density at radius 3 is 2.61 bits per heavy atom. The van der Waals surface area contributed by atoms with E-state index in [-0.39, 0.29) is 5.89 Å². The molecule has 0 N–H and O–H groups in total. The van der Waals surface area contributed by atoms with E-state index in [1.165, 1.54) is 11.3 Å². The van der Waals surface area contributed by atoms with Crippen LogP contribution in [0.4, 0.5) is 0 Å². The second-order valence-corrected chi connectivity index (χ2v) is 7.24. The Hall–Kier alpha value is -3.25. The molecule has 0 aliphatic rings. The van der Waals surface area contributed by atoms with Crippen LogP contribution in [-0.4, -0.2) is 16.2 Å². The van der Waals surface area contributed by atoms with E-state index in [1.54, 1.807) is 13.0 Å². The van der Waals surface area contributed by atoms with Crippen molar-refractivity contribution in [3.63, 3.8) is 0 Å². The van der Waals surface area contributed by atoms with Crippen LogP contribution >= 0.6 is 11.3 Å². The summed E-state index contributed by atoms with van der Waals surface area (Å²) in [5.74, 6) is 0.296. The molecule has 0 saturated heterocycles. The van der Waals surface area contributed by atoms with Gasteiger partial charge in [0.15, 0.2) is 6.10 Å². The molecule has 6 heteroatoms. The number of esters is 1. The van der Waals surface area contributed by atoms with Gasteiger partial charge < -0.3 is 9.15 Å². The number of carbonyl (C=O) groups excluding carboxylic acids is 1. The maximum atomic E-state index is 12.8. The lowest BCUT2D eigenvalue weighted by molar-refractivity contribution is 0.0279. The number of aromatic nitrogens is 2. The van der Waals surface area contributed by atoms with Crippen molar-refractivity contribution in [3.05, 3.63) is 94.7 Å². The highest BCUT2D eigenvalue weighted by Gasteiger charge is 2.21. The van der Waals surface area contributed by atoms with Gasteiger partial charge in [0.25, 0.3) is 11.8 Å². The summed E-state index contributed by atoms with van der Waals surface area (Å²) in [6, 6.07) is 21.3. The number of rotatable bonds is 6. The highest BCUT2D eigenvalue weighted by molar-refractivity contribution is 7.13. The van der Waals surface area contributed by atoms with Crippen LogP contribution in [0.15, 0.2) is 76.5 Å². The fraction of sp³-hybridized carbons (Fsp3) is 0.136. The van der Waals surface area contributed by atoms with Gasteiger partial charge in [0, 0.05) is 0 Å². The van der Waals surface area contributed by atoms with Crippen molar-refractivity contribution in [2.45, 2.75) is 19.4 Å². The van der Waals surface area contributed by atoms with E-state index in [0.29, 0.717) is 17.9 Å². The topological polar surface area (TPSA) is 65.2 Å². The van der Waals surface area contributed by atoms with Gasteiger partial charge in [-0.05, 0) is 42.0 Å². The summed E-state index contributed by atoms with van der Waals surface area (Å²) in [6.07, 6.45) is 0.0160. The smallest absolute Gasteiger partial charge is 0.339 e. The van der Waals surface area contributed by atoms with E-state index >= 15 is 0 Å². The summed E-state index contributed by atoms with van der Waals surface area (Å²) in [7, 11) is 0. The minimum atomic E-state index is -0.640. The van der Waals surface area contributed by atoms with E-state index in [4.69, 9.17) is 9.15 Å². The minimum absolute atomic E-state index is 0.275. The summed E-state index contributed by atoms with van der Waals surface area (Å²) < 4.78 is 11.3. The van der Waals surface area contributed by atoms with Gasteiger partial charge in [-0.25, -0.2) is 4.79 Å². The number of hydrogen-bond donors (Lipinski definition) is 0. The lowest BCUT2D eigenvalue weighted by Gasteiger charge is -2.12. The summed E-state index contributed by atoms with van der Waals surface area (Å²) in [5.41, 5.74) is 2.58. The van der Waals surface area contributed by atoms with Gasteiger partial charge in [-0.2, -0.15) is 0 Å². The minimum Gasteiger partial charge on any atom is -0.449 e. The molecule has 5 nitrogen and oxygen atoms in total. The Balaban J connectivity index is 1.49. The van der Waals surface area contributed by atoms with E-state index in [0.717, 1.165) is 16.0 Å². The third-order valence-corrected chi connectivity index (χ3v) is 5.14. The molecule has 2 aromatic heterocycles. The maximum absolute atomic E-state index is 12.8. The molecule has 0 saturated carbocycles. The van der Waals surface area contributed by atoms with Crippen LogP contribution in [0.3, 0.4) is 0 Å². The molecular weight excluding hydrogens is 372 g/mol. The van der Waals surface area contributed by atoms with Crippen LogP contribution in [0, 0.1) is 0 Å². The second kappa shape index (κ2) is 8.19. The van der Waals surface area contributed by atoms with Crippen molar-refractivity contribution in [1.29, 1.82) is 0 Å². The highest BCUT2D eigenvalue weighted by atomic mass is 32.1. The number of thiophene rings is 1. The Kier molecular flexibility index (Phi) is 5.30. The third kappa shape index (κ3) is 4.02. The molecule has 0 aliphatic heterocycles. The standard InChI is InChI=1S/C22H18N2O3S/c1-15(20-23-24-21(27-20)19-12-7-13-28-19)26-22(25)18-11-6-5-10-17(18)14-16-8-3-2-4-9-16/h2-13,15H,14H2,1H3/t15-/m0/s1. The molecule has 28 heavy (non-hydrogen) atoms. The van der Waals surface area contributed by atoms with Crippen molar-refractivity contribution in [1.82, 2.24) is 10.2 Å². The predicted octanol–water partition coefficient (Wildman–Crippen LogP) is 5.31. The van der Waals surface area contributed by atoms with Gasteiger partial charge in [-0.1, -0.05) is 54.6 Å². The van der Waals surface area contributed by atoms with Crippen LogP contribution in [0.1, 0.15) is 40.4 Å². The van der Waals surface area contributed by atoms with E-state index in [2.05, 4.69) is 10.2 Å². The molecule has 2 heterocycles. The Bertz CT molecular complexity index is 1060. The molecule has 0 aliphatic carbocycles. The number of nitrogens with zero attached hydrogens (tertiary/aromatic N) is 2. The van der Waals surface area contributed by atoms with Crippen molar-refractivity contribution in [3.8, 4) is 10.8 Å². The van der Waals surface area contributed by atoms with E-state index in [9.17, 15) is 4.79 Å². The Morgan fingerprint density at radius 1 is 1.04 bits per heavy atom. The molecule has 1 atom stereocenters. The largest absolute Gasteiger partial charge is 0.449 e. The first-order chi connectivity index (χ1) is 13.7. The zero-order valence-electron chi connectivity index (χ0n) is 15.2. The van der Waals surface area contributed by atoms with Crippen molar-refractivity contribution in [2.24, 2.45) is 0 Å². The van der Waals surface area contributed by atoms with Gasteiger partial charge in [0.05, 0.1) is 10.4 Å². The third-order valence-electron chi connectivity index (χ3n) is 4.28. The first-order valence-corrected chi connectivity index (χ1v) is 9.79. The second-order valence-electron chi connectivity index (χ2n) is 6.29. The van der Waals surface area contributed by atoms with Gasteiger partial charge in [-0.3, -0.25) is 0 Å². The van der Waals surface area contributed by atoms with Crippen LogP contribution < -0.4 is 0 Å². The molecule has 0 bridgehead atoms. The Morgan fingerprint density at radius 2 is 1.82 bits per heavy atom. The lowest BCUT2D eigenvalue weighted by atomic mass is 10.00. The monoisotopic (exact) mass is 390 g/mol. The first-order valence-electron chi connectivity index (χ1n) is 8.91. The molecule has 0 spiro atoms. The van der Waals surface area contributed by atoms with E-state index in [1.807, 2.05) is 66.0 Å². The summed E-state index contributed by atoms with van der Waals surface area (Å²) >= 11 is 1.51. The molecule has 0 unspecified atom stereocenters. The van der Waals surface area contributed by atoms with Crippen LogP contribution in [-0.2, 0) is 11.2 Å². The summed E-state index contributed by atoms with van der Waals surface area (Å²) in [5, 5.41) is 9.99. The number of ether oxygens (including phenoxy) is 1. The average molecular weight is 390 g/mol. The highest BCUT2D eigenvalue weighted by Crippen LogP contribution is 2.26. The van der Waals surface area contributed by atoms with E-state index < -0.39 is 12.1 Å². The molecule has 140 valence electrons. The fourth-order valence-corrected chi connectivity index (χ4v) is 3.51. The van der Waals surface area contributed by atoms with Gasteiger partial charge in [-0.15, -0.1) is 21.5 Å². The van der Waals surface area contributed by atoms with Crippen LogP contribution in [0.5, 0.6) is 0 Å². The number of benzene rings is 2. The van der Waals surface area contributed by atoms with Gasteiger partial charge >= 0.3 is 5.97 Å². The predicted molar refractivity (Wildman–Crippen MR) is 107 cm³/mol. The zero-order valence-corrected chi connectivity index (χ0v) is 16.1. The molecule has 0 amide bonds. The van der Waals surface area contributed by atoms with Gasteiger partial charge in [0.1, 0.15) is 0 Å². The Labute approximate surface area is 166 Å². The maximum Gasteiger partial charge on any atom is 0.339 e. The van der Waals surface area contributed by atoms with Crippen molar-refractivity contribution in [2.75, 3.05) is 0 Å². The summed E-state index contributed by atoms with van der Waals surface area (Å²) in [4.78, 5) is 13.6. The molecule has 4 aromatic rings. The van der Waals surface area contributed by atoms with Gasteiger partial charge in [0.2, 0.25) is 0 Å². The molecule has 4 rings (SSSR count). The number of hydrogen-bond acceptors (Lipinski definition) is 6. The van der Waals surface area contributed by atoms with Crippen LogP contribution in [0.2, 0.25) is 0 Å². The SMILES string of the molecule is C[C@H](OC(=O)c1ccccc1Cc1ccccc1)c1nnc(-c2cccs2)o1. The molecule has 0 radical (unpaired) electrons. The molecular formula is C22H18N2O3S. The molecule has 0 fully saturated rings. The summed E-state index contributed by atoms with van der Waals surface area (Å²) in [6.45, 7) is 1.73. The average Bonchev–Trinajstić information content (AvgIpc) is 3.41. The first kappa shape index (κ1) is 18.1. The normalized spacial score (nSPS) is 11.9. The van der Waals surface area contributed by atoms with Crippen molar-refractivity contribution < 1.29 is 13.9 Å². The molecule has 2 aromatic carbocycles. The lowest BCUT2D eigenvalue weighted by Crippen LogP contribution is -2.12. The number of carbonyl (C=O) groups is 1. The van der Waals surface area contributed by atoms with Crippen LogP contribution in [0.25, 0.3) is 10.8 Å². The quantitative estimate of drug-likeness (QED) is 0.418. The van der Waals surface area contributed by atoms with Crippen molar-refractivity contribution >= 4 is 17.3 Å².